The molecule has 0 aromatic heterocycles. The van der Waals surface area contributed by atoms with Crippen molar-refractivity contribution in [3.8, 4) is 0 Å². The molecule has 0 aliphatic heterocycles. The van der Waals surface area contributed by atoms with Crippen LogP contribution in [0.2, 0.25) is 0 Å². The first-order chi connectivity index (χ1) is 20.1. The first-order valence-electron chi connectivity index (χ1n) is 14.8. The second-order valence-corrected chi connectivity index (χ2v) is 13.4. The van der Waals surface area contributed by atoms with E-state index < -0.39 is 16.1 Å². The quantitative estimate of drug-likeness (QED) is 0.283. The smallest absolute Gasteiger partial charge is 0.243 e. The van der Waals surface area contributed by atoms with Crippen molar-refractivity contribution in [2.24, 2.45) is 0 Å². The van der Waals surface area contributed by atoms with Crippen molar-refractivity contribution in [1.29, 1.82) is 0 Å². The van der Waals surface area contributed by atoms with E-state index in [1.54, 1.807) is 17.0 Å². The Hall–Kier alpha value is -3.65. The molecule has 1 fully saturated rings. The van der Waals surface area contributed by atoms with E-state index in [-0.39, 0.29) is 30.8 Å². The summed E-state index contributed by atoms with van der Waals surface area (Å²) in [4.78, 5) is 29.5. The number of amides is 2. The fourth-order valence-corrected chi connectivity index (χ4v) is 6.49. The van der Waals surface area contributed by atoms with Gasteiger partial charge in [-0.25, -0.2) is 8.42 Å². The molecule has 1 aliphatic rings. The fourth-order valence-electron chi connectivity index (χ4n) is 5.53. The van der Waals surface area contributed by atoms with Crippen LogP contribution in [-0.4, -0.2) is 50.0 Å². The summed E-state index contributed by atoms with van der Waals surface area (Å²) in [6.45, 7) is 4.43. The molecule has 1 aliphatic carbocycles. The van der Waals surface area contributed by atoms with Gasteiger partial charge in [0.05, 0.1) is 11.9 Å². The average molecular weight is 590 g/mol. The summed E-state index contributed by atoms with van der Waals surface area (Å²) in [5.41, 5.74) is 4.65. The van der Waals surface area contributed by atoms with Crippen molar-refractivity contribution in [2.75, 3.05) is 17.1 Å². The molecule has 4 rings (SSSR count). The highest BCUT2D eigenvalue weighted by atomic mass is 32.2. The van der Waals surface area contributed by atoms with Gasteiger partial charge in [-0.05, 0) is 56.4 Å². The number of benzene rings is 3. The molecule has 42 heavy (non-hydrogen) atoms. The number of nitrogens with zero attached hydrogens (tertiary/aromatic N) is 2. The SMILES string of the molecule is Cc1ccc(CN(C(=O)CCCN(c2ccc(C)cc2)S(C)(=O)=O)C(Cc2ccccc2)C(=O)NC2CCCC2)cc1. The third-order valence-corrected chi connectivity index (χ3v) is 9.11. The second kappa shape index (κ2) is 14.5. The van der Waals surface area contributed by atoms with E-state index >= 15 is 0 Å². The summed E-state index contributed by atoms with van der Waals surface area (Å²) in [6.07, 6.45) is 6.12. The predicted molar refractivity (Wildman–Crippen MR) is 169 cm³/mol. The van der Waals surface area contributed by atoms with Crippen LogP contribution in [0.4, 0.5) is 5.69 Å². The van der Waals surface area contributed by atoms with Gasteiger partial charge in [-0.2, -0.15) is 0 Å². The third kappa shape index (κ3) is 8.92. The van der Waals surface area contributed by atoms with Gasteiger partial charge in [0.2, 0.25) is 21.8 Å². The zero-order chi connectivity index (χ0) is 30.1. The minimum absolute atomic E-state index is 0.117. The molecule has 0 saturated heterocycles. The van der Waals surface area contributed by atoms with Crippen LogP contribution in [0.3, 0.4) is 0 Å². The van der Waals surface area contributed by atoms with Crippen LogP contribution >= 0.6 is 0 Å². The van der Waals surface area contributed by atoms with Gasteiger partial charge in [0.15, 0.2) is 0 Å². The average Bonchev–Trinajstić information content (AvgIpc) is 3.47. The molecule has 1 unspecified atom stereocenters. The van der Waals surface area contributed by atoms with Crippen molar-refractivity contribution in [2.45, 2.75) is 77.4 Å². The number of carbonyl (C=O) groups is 2. The zero-order valence-corrected chi connectivity index (χ0v) is 25.8. The number of nitrogens with one attached hydrogen (secondary N) is 1. The van der Waals surface area contributed by atoms with E-state index in [0.717, 1.165) is 47.9 Å². The second-order valence-electron chi connectivity index (χ2n) is 11.5. The summed E-state index contributed by atoms with van der Waals surface area (Å²) in [5, 5.41) is 3.23. The van der Waals surface area contributed by atoms with Gasteiger partial charge < -0.3 is 10.2 Å². The molecular weight excluding hydrogens is 546 g/mol. The molecule has 7 nitrogen and oxygen atoms in total. The maximum absolute atomic E-state index is 14.0. The van der Waals surface area contributed by atoms with E-state index in [9.17, 15) is 18.0 Å². The Kier molecular flexibility index (Phi) is 10.8. The molecule has 1 atom stereocenters. The lowest BCUT2D eigenvalue weighted by atomic mass is 10.0. The molecule has 3 aromatic rings. The van der Waals surface area contributed by atoms with Gasteiger partial charge in [0, 0.05) is 32.0 Å². The van der Waals surface area contributed by atoms with Crippen LogP contribution in [0.5, 0.6) is 0 Å². The number of rotatable bonds is 13. The third-order valence-electron chi connectivity index (χ3n) is 7.92. The van der Waals surface area contributed by atoms with Crippen LogP contribution in [0, 0.1) is 13.8 Å². The standard InChI is InChI=1S/C34H43N3O4S/c1-26-15-19-29(20-16-26)25-36(32(24-28-10-5-4-6-11-28)34(39)35-30-12-7-8-13-30)33(38)14-9-23-37(42(3,40)41)31-21-17-27(2)18-22-31/h4-6,10-11,15-22,30,32H,7-9,12-14,23-25H2,1-3H3,(H,35,39). The molecule has 0 radical (unpaired) electrons. The van der Waals surface area contributed by atoms with Crippen molar-refractivity contribution in [3.63, 3.8) is 0 Å². The summed E-state index contributed by atoms with van der Waals surface area (Å²) >= 11 is 0. The molecule has 0 heterocycles. The highest BCUT2D eigenvalue weighted by Crippen LogP contribution is 2.22. The van der Waals surface area contributed by atoms with Crippen molar-refractivity contribution in [1.82, 2.24) is 10.2 Å². The summed E-state index contributed by atoms with van der Waals surface area (Å²) in [5.74, 6) is -0.306. The van der Waals surface area contributed by atoms with Crippen LogP contribution in [0.15, 0.2) is 78.9 Å². The van der Waals surface area contributed by atoms with E-state index in [2.05, 4.69) is 5.32 Å². The van der Waals surface area contributed by atoms with Gasteiger partial charge in [-0.15, -0.1) is 0 Å². The van der Waals surface area contributed by atoms with Crippen molar-refractivity contribution >= 4 is 27.5 Å². The lowest BCUT2D eigenvalue weighted by Crippen LogP contribution is -2.52. The largest absolute Gasteiger partial charge is 0.352 e. The first kappa shape index (κ1) is 31.3. The van der Waals surface area contributed by atoms with Crippen molar-refractivity contribution in [3.05, 3.63) is 101 Å². The Morgan fingerprint density at radius 1 is 0.857 bits per heavy atom. The van der Waals surface area contributed by atoms with E-state index in [0.29, 0.717) is 25.1 Å². The predicted octanol–water partition coefficient (Wildman–Crippen LogP) is 5.55. The Bertz CT molecular complexity index is 1420. The summed E-state index contributed by atoms with van der Waals surface area (Å²) in [6, 6.07) is 24.5. The zero-order valence-electron chi connectivity index (χ0n) is 25.0. The van der Waals surface area contributed by atoms with E-state index in [4.69, 9.17) is 0 Å². The van der Waals surface area contributed by atoms with Crippen molar-refractivity contribution < 1.29 is 18.0 Å². The van der Waals surface area contributed by atoms with Gasteiger partial charge in [-0.1, -0.05) is 90.7 Å². The number of hydrogen-bond donors (Lipinski definition) is 1. The monoisotopic (exact) mass is 589 g/mol. The maximum atomic E-state index is 14.0. The lowest BCUT2D eigenvalue weighted by molar-refractivity contribution is -0.141. The Morgan fingerprint density at radius 2 is 1.45 bits per heavy atom. The van der Waals surface area contributed by atoms with Gasteiger partial charge >= 0.3 is 0 Å². The normalized spacial score (nSPS) is 14.4. The fraction of sp³-hybridized carbons (Fsp3) is 0.412. The Balaban J connectivity index is 1.57. The lowest BCUT2D eigenvalue weighted by Gasteiger charge is -2.33. The number of carbonyl (C=O) groups excluding carboxylic acids is 2. The van der Waals surface area contributed by atoms with Crippen LogP contribution in [0.25, 0.3) is 0 Å². The minimum Gasteiger partial charge on any atom is -0.352 e. The molecule has 3 aromatic carbocycles. The van der Waals surface area contributed by atoms with Gasteiger partial charge in [-0.3, -0.25) is 13.9 Å². The molecule has 8 heteroatoms. The number of anilines is 1. The van der Waals surface area contributed by atoms with Crippen LogP contribution in [0.1, 0.15) is 60.8 Å². The Labute approximate surface area is 251 Å². The molecule has 224 valence electrons. The molecule has 0 bridgehead atoms. The highest BCUT2D eigenvalue weighted by molar-refractivity contribution is 7.92. The number of hydrogen-bond acceptors (Lipinski definition) is 4. The molecule has 1 N–H and O–H groups in total. The Morgan fingerprint density at radius 3 is 2.05 bits per heavy atom. The molecule has 0 spiro atoms. The molecule has 2 amide bonds. The van der Waals surface area contributed by atoms with Crippen LogP contribution in [-0.2, 0) is 32.6 Å². The first-order valence-corrected chi connectivity index (χ1v) is 16.7. The maximum Gasteiger partial charge on any atom is 0.243 e. The van der Waals surface area contributed by atoms with E-state index in [1.807, 2.05) is 80.6 Å². The topological polar surface area (TPSA) is 86.8 Å². The summed E-state index contributed by atoms with van der Waals surface area (Å²) < 4.78 is 26.6. The number of aryl methyl sites for hydroxylation is 2. The highest BCUT2D eigenvalue weighted by Gasteiger charge is 2.32. The van der Waals surface area contributed by atoms with Crippen LogP contribution < -0.4 is 9.62 Å². The summed E-state index contributed by atoms with van der Waals surface area (Å²) in [7, 11) is -3.54. The molecular formula is C34H43N3O4S. The van der Waals surface area contributed by atoms with E-state index in [1.165, 1.54) is 10.6 Å². The van der Waals surface area contributed by atoms with Gasteiger partial charge in [0.1, 0.15) is 6.04 Å². The minimum atomic E-state index is -3.54. The number of sulfonamides is 1. The van der Waals surface area contributed by atoms with Gasteiger partial charge in [0.25, 0.3) is 0 Å². The molecule has 1 saturated carbocycles.